The molecule has 1 aromatic carbocycles. The zero-order chi connectivity index (χ0) is 16.0. The number of hydrogen-bond acceptors (Lipinski definition) is 3. The van der Waals surface area contributed by atoms with Crippen LogP contribution in [0, 0.1) is 6.92 Å². The number of hydrogen-bond donors (Lipinski definition) is 2. The van der Waals surface area contributed by atoms with E-state index in [0.717, 1.165) is 24.2 Å². The second-order valence-electron chi connectivity index (χ2n) is 5.86. The Hall–Kier alpha value is -2.04. The molecule has 5 nitrogen and oxygen atoms in total. The number of benzene rings is 1. The predicted octanol–water partition coefficient (Wildman–Crippen LogP) is 2.67. The number of carboxylic acid groups (broad SMARTS) is 1. The van der Waals surface area contributed by atoms with E-state index in [9.17, 15) is 14.7 Å². The number of para-hydroxylation sites is 1. The molecule has 0 aromatic heterocycles. The summed E-state index contributed by atoms with van der Waals surface area (Å²) in [6, 6.07) is 7.72. The second kappa shape index (κ2) is 7.29. The van der Waals surface area contributed by atoms with E-state index in [1.54, 1.807) is 0 Å². The summed E-state index contributed by atoms with van der Waals surface area (Å²) in [7, 11) is 0. The maximum Gasteiger partial charge on any atom is 0.329 e. The minimum absolute atomic E-state index is 0.210. The van der Waals surface area contributed by atoms with Gasteiger partial charge in [-0.25, -0.2) is 4.79 Å². The van der Waals surface area contributed by atoms with Gasteiger partial charge in [0.1, 0.15) is 11.3 Å². The van der Waals surface area contributed by atoms with Gasteiger partial charge in [-0.15, -0.1) is 0 Å². The van der Waals surface area contributed by atoms with Crippen molar-refractivity contribution >= 4 is 11.9 Å². The van der Waals surface area contributed by atoms with E-state index in [2.05, 4.69) is 5.32 Å². The normalized spacial score (nSPS) is 16.2. The van der Waals surface area contributed by atoms with Crippen LogP contribution in [0.15, 0.2) is 24.3 Å². The lowest BCUT2D eigenvalue weighted by atomic mass is 9.97. The molecule has 0 unspecified atom stereocenters. The Kier molecular flexibility index (Phi) is 5.41. The van der Waals surface area contributed by atoms with Gasteiger partial charge in [-0.1, -0.05) is 31.0 Å². The van der Waals surface area contributed by atoms with E-state index in [-0.39, 0.29) is 12.3 Å². The number of amides is 1. The number of ether oxygens (including phenoxy) is 1. The molecule has 0 radical (unpaired) electrons. The van der Waals surface area contributed by atoms with Crippen molar-refractivity contribution in [1.29, 1.82) is 0 Å². The van der Waals surface area contributed by atoms with Crippen LogP contribution in [0.1, 0.15) is 44.1 Å². The van der Waals surface area contributed by atoms with Crippen LogP contribution in [0.5, 0.6) is 5.75 Å². The molecule has 1 aromatic rings. The average Bonchev–Trinajstić information content (AvgIpc) is 2.95. The Labute approximate surface area is 130 Å². The molecule has 5 heteroatoms. The van der Waals surface area contributed by atoms with Crippen LogP contribution in [0.4, 0.5) is 0 Å². The molecule has 22 heavy (non-hydrogen) atoms. The molecule has 0 heterocycles. The van der Waals surface area contributed by atoms with Crippen LogP contribution in [-0.4, -0.2) is 29.1 Å². The number of carbonyl (C=O) groups excluding carboxylic acids is 1. The molecule has 120 valence electrons. The number of carboxylic acids is 1. The van der Waals surface area contributed by atoms with Gasteiger partial charge in [-0.3, -0.25) is 4.79 Å². The van der Waals surface area contributed by atoms with Gasteiger partial charge >= 0.3 is 5.97 Å². The number of aryl methyl sites for hydroxylation is 1. The van der Waals surface area contributed by atoms with E-state index in [4.69, 9.17) is 4.74 Å². The maximum atomic E-state index is 12.0. The lowest BCUT2D eigenvalue weighted by molar-refractivity contribution is -0.147. The van der Waals surface area contributed by atoms with Crippen LogP contribution < -0.4 is 10.1 Å². The van der Waals surface area contributed by atoms with E-state index < -0.39 is 11.5 Å². The number of nitrogens with one attached hydrogen (secondary N) is 1. The molecule has 1 amide bonds. The Morgan fingerprint density at radius 2 is 1.95 bits per heavy atom. The van der Waals surface area contributed by atoms with Gasteiger partial charge in [-0.05, 0) is 37.8 Å². The summed E-state index contributed by atoms with van der Waals surface area (Å²) in [5.74, 6) is -0.312. The largest absolute Gasteiger partial charge is 0.493 e. The molecule has 1 saturated carbocycles. The monoisotopic (exact) mass is 305 g/mol. The summed E-state index contributed by atoms with van der Waals surface area (Å²) >= 11 is 0. The maximum absolute atomic E-state index is 12.0. The molecule has 0 aliphatic heterocycles. The Bertz CT molecular complexity index is 535. The van der Waals surface area contributed by atoms with Crippen molar-refractivity contribution in [1.82, 2.24) is 5.32 Å². The predicted molar refractivity (Wildman–Crippen MR) is 82.9 cm³/mol. The minimum atomic E-state index is -1.05. The quantitative estimate of drug-likeness (QED) is 0.759. The summed E-state index contributed by atoms with van der Waals surface area (Å²) in [5.41, 5.74) is 0.0104. The lowest BCUT2D eigenvalue weighted by Gasteiger charge is -2.25. The zero-order valence-electron chi connectivity index (χ0n) is 12.9. The standard InChI is InChI=1S/C17H23NO4/c1-13-7-2-3-8-14(13)22-12-6-9-15(19)18-17(16(20)21)10-4-5-11-17/h2-3,7-8H,4-6,9-12H2,1H3,(H,18,19)(H,20,21). The third-order valence-electron chi connectivity index (χ3n) is 4.14. The average molecular weight is 305 g/mol. The SMILES string of the molecule is Cc1ccccc1OCCCC(=O)NC1(C(=O)O)CCCC1. The highest BCUT2D eigenvalue weighted by atomic mass is 16.5. The summed E-state index contributed by atoms with van der Waals surface area (Å²) in [6.45, 7) is 2.41. The summed E-state index contributed by atoms with van der Waals surface area (Å²) in [4.78, 5) is 23.3. The smallest absolute Gasteiger partial charge is 0.329 e. The highest BCUT2D eigenvalue weighted by molar-refractivity contribution is 5.87. The second-order valence-corrected chi connectivity index (χ2v) is 5.86. The molecule has 0 atom stereocenters. The van der Waals surface area contributed by atoms with Crippen LogP contribution in [-0.2, 0) is 9.59 Å². The molecule has 1 aliphatic carbocycles. The molecule has 1 aliphatic rings. The Balaban J connectivity index is 1.74. The molecule has 1 fully saturated rings. The van der Waals surface area contributed by atoms with Crippen molar-refractivity contribution < 1.29 is 19.4 Å². The van der Waals surface area contributed by atoms with Crippen molar-refractivity contribution in [2.24, 2.45) is 0 Å². The molecule has 0 saturated heterocycles. The van der Waals surface area contributed by atoms with Gasteiger partial charge in [0.15, 0.2) is 0 Å². The van der Waals surface area contributed by atoms with Crippen LogP contribution in [0.2, 0.25) is 0 Å². The Morgan fingerprint density at radius 3 is 2.59 bits per heavy atom. The van der Waals surface area contributed by atoms with Crippen molar-refractivity contribution in [3.05, 3.63) is 29.8 Å². The first-order chi connectivity index (χ1) is 10.5. The fourth-order valence-corrected chi connectivity index (χ4v) is 2.83. The van der Waals surface area contributed by atoms with Crippen LogP contribution in [0.3, 0.4) is 0 Å². The summed E-state index contributed by atoms with van der Waals surface area (Å²) in [6.07, 6.45) is 3.59. The molecule has 0 spiro atoms. The summed E-state index contributed by atoms with van der Waals surface area (Å²) in [5, 5.41) is 12.0. The number of aliphatic carboxylic acids is 1. The topological polar surface area (TPSA) is 75.6 Å². The van der Waals surface area contributed by atoms with Gasteiger partial charge in [0.25, 0.3) is 0 Å². The van der Waals surface area contributed by atoms with E-state index in [0.29, 0.717) is 25.9 Å². The third kappa shape index (κ3) is 4.00. The number of rotatable bonds is 7. The molecule has 2 rings (SSSR count). The van der Waals surface area contributed by atoms with Gasteiger partial charge in [0.2, 0.25) is 5.91 Å². The molecular formula is C17H23NO4. The minimum Gasteiger partial charge on any atom is -0.493 e. The van der Waals surface area contributed by atoms with Crippen molar-refractivity contribution in [2.75, 3.05) is 6.61 Å². The van der Waals surface area contributed by atoms with Gasteiger partial charge < -0.3 is 15.2 Å². The van der Waals surface area contributed by atoms with Crippen molar-refractivity contribution in [3.63, 3.8) is 0 Å². The van der Waals surface area contributed by atoms with Gasteiger partial charge in [0.05, 0.1) is 6.61 Å². The van der Waals surface area contributed by atoms with Crippen molar-refractivity contribution in [3.8, 4) is 5.75 Å². The van der Waals surface area contributed by atoms with E-state index >= 15 is 0 Å². The highest BCUT2D eigenvalue weighted by Crippen LogP contribution is 2.30. The summed E-state index contributed by atoms with van der Waals surface area (Å²) < 4.78 is 5.63. The molecule has 0 bridgehead atoms. The molecule has 2 N–H and O–H groups in total. The lowest BCUT2D eigenvalue weighted by Crippen LogP contribution is -2.52. The first-order valence-electron chi connectivity index (χ1n) is 7.76. The van der Waals surface area contributed by atoms with Crippen LogP contribution in [0.25, 0.3) is 0 Å². The first-order valence-corrected chi connectivity index (χ1v) is 7.76. The van der Waals surface area contributed by atoms with E-state index in [1.165, 1.54) is 0 Å². The van der Waals surface area contributed by atoms with Gasteiger partial charge in [-0.2, -0.15) is 0 Å². The highest BCUT2D eigenvalue weighted by Gasteiger charge is 2.42. The van der Waals surface area contributed by atoms with Crippen molar-refractivity contribution in [2.45, 2.75) is 51.0 Å². The fourth-order valence-electron chi connectivity index (χ4n) is 2.83. The van der Waals surface area contributed by atoms with Crippen LogP contribution >= 0.6 is 0 Å². The Morgan fingerprint density at radius 1 is 1.27 bits per heavy atom. The third-order valence-corrected chi connectivity index (χ3v) is 4.14. The fraction of sp³-hybridized carbons (Fsp3) is 0.529. The van der Waals surface area contributed by atoms with E-state index in [1.807, 2.05) is 31.2 Å². The van der Waals surface area contributed by atoms with Gasteiger partial charge in [0, 0.05) is 6.42 Å². The number of carbonyl (C=O) groups is 2. The first kappa shape index (κ1) is 16.3. The molecular weight excluding hydrogens is 282 g/mol. The zero-order valence-corrected chi connectivity index (χ0v) is 12.9.